The highest BCUT2D eigenvalue weighted by atomic mass is 16.5. The average molecular weight is 434 g/mol. The van der Waals surface area contributed by atoms with Gasteiger partial charge in [0.05, 0.1) is 10.7 Å². The van der Waals surface area contributed by atoms with E-state index in [4.69, 9.17) is 19.5 Å². The second kappa shape index (κ2) is 8.43. The van der Waals surface area contributed by atoms with E-state index in [1.807, 2.05) is 60.7 Å². The second-order valence-electron chi connectivity index (χ2n) is 8.20. The van der Waals surface area contributed by atoms with Crippen molar-refractivity contribution in [1.29, 1.82) is 0 Å². The first-order valence-electron chi connectivity index (χ1n) is 11.1. The maximum Gasteiger partial charge on any atom is 0.211 e. The van der Waals surface area contributed by atoms with Crippen molar-refractivity contribution in [2.75, 3.05) is 13.2 Å². The molecule has 2 atom stereocenters. The van der Waals surface area contributed by atoms with Crippen molar-refractivity contribution < 1.29 is 9.47 Å². The largest absolute Gasteiger partial charge is 0.475 e. The third-order valence-corrected chi connectivity index (χ3v) is 6.03. The Hall–Kier alpha value is -4.12. The average Bonchev–Trinajstić information content (AvgIpc) is 3.61. The Balaban J connectivity index is 1.37. The Kier molecular flexibility index (Phi) is 5.00. The smallest absolute Gasteiger partial charge is 0.211 e. The van der Waals surface area contributed by atoms with Crippen molar-refractivity contribution in [1.82, 2.24) is 4.98 Å². The van der Waals surface area contributed by atoms with E-state index in [2.05, 4.69) is 41.4 Å². The van der Waals surface area contributed by atoms with Gasteiger partial charge in [0.1, 0.15) is 25.3 Å². The Bertz CT molecular complexity index is 1360. The Labute approximate surface area is 191 Å². The Morgan fingerprint density at radius 3 is 1.48 bits per heavy atom. The highest BCUT2D eigenvalue weighted by molar-refractivity contribution is 6.09. The van der Waals surface area contributed by atoms with Crippen LogP contribution in [-0.4, -0.2) is 30.0 Å². The van der Waals surface area contributed by atoms with E-state index >= 15 is 0 Å². The fourth-order valence-electron chi connectivity index (χ4n) is 4.34. The number of aromatic amines is 1. The molecule has 3 aromatic carbocycles. The number of nitrogens with one attached hydrogen (secondary N) is 1. The van der Waals surface area contributed by atoms with E-state index in [9.17, 15) is 0 Å². The molecule has 3 heterocycles. The Morgan fingerprint density at radius 2 is 1.03 bits per heavy atom. The molecular weight excluding hydrogens is 410 g/mol. The summed E-state index contributed by atoms with van der Waals surface area (Å²) in [6.45, 7) is 1.11. The van der Waals surface area contributed by atoms with E-state index < -0.39 is 0 Å². The van der Waals surface area contributed by atoms with Crippen molar-refractivity contribution >= 4 is 34.7 Å². The van der Waals surface area contributed by atoms with Crippen molar-refractivity contribution in [3.63, 3.8) is 0 Å². The summed E-state index contributed by atoms with van der Waals surface area (Å²) < 4.78 is 11.8. The zero-order valence-electron chi connectivity index (χ0n) is 18.0. The lowest BCUT2D eigenvalue weighted by atomic mass is 10.1. The number of fused-ring (bicyclic) bond motifs is 1. The van der Waals surface area contributed by atoms with Crippen LogP contribution in [0, 0.1) is 0 Å². The maximum absolute atomic E-state index is 5.89. The van der Waals surface area contributed by atoms with E-state index in [1.54, 1.807) is 0 Å². The second-order valence-corrected chi connectivity index (χ2v) is 8.20. The molecule has 5 nitrogen and oxygen atoms in total. The van der Waals surface area contributed by atoms with Crippen LogP contribution in [0.2, 0.25) is 0 Å². The summed E-state index contributed by atoms with van der Waals surface area (Å²) in [4.78, 5) is 13.1. The summed E-state index contributed by atoms with van der Waals surface area (Å²) in [5, 5.41) is 4.14. The van der Waals surface area contributed by atoms with Gasteiger partial charge < -0.3 is 14.5 Å². The molecule has 162 valence electrons. The first-order valence-corrected chi connectivity index (χ1v) is 11.1. The van der Waals surface area contributed by atoms with Crippen LogP contribution in [0.25, 0.3) is 22.9 Å². The molecule has 33 heavy (non-hydrogen) atoms. The minimum absolute atomic E-state index is 0.0286. The standard InChI is InChI=1S/C28H23N3O2/c1-3-9-19(10-4-1)25-17-32-27(30-25)15-23-21-13-7-8-14-22(21)24(29-23)16-28-31-26(18-33-28)20-11-5-2-6-12-20/h1-16,25-26,29H,17-18H2/b23-15-,24-16+. The van der Waals surface area contributed by atoms with Gasteiger partial charge in [-0.25, -0.2) is 9.98 Å². The normalized spacial score (nSPS) is 21.1. The number of nitrogens with zero attached hydrogens (tertiary/aromatic N) is 2. The molecule has 0 bridgehead atoms. The predicted octanol–water partition coefficient (Wildman–Crippen LogP) is 4.07. The molecule has 0 spiro atoms. The maximum atomic E-state index is 5.89. The van der Waals surface area contributed by atoms with Crippen LogP contribution in [0.1, 0.15) is 23.2 Å². The lowest BCUT2D eigenvalue weighted by molar-refractivity contribution is 0.323. The number of hydrogen-bond donors (Lipinski definition) is 1. The number of rotatable bonds is 4. The van der Waals surface area contributed by atoms with Crippen molar-refractivity contribution in [2.24, 2.45) is 9.98 Å². The molecule has 2 aliphatic rings. The summed E-state index contributed by atoms with van der Waals surface area (Å²) in [5.74, 6) is 1.28. The molecule has 2 unspecified atom stereocenters. The topological polar surface area (TPSA) is 59.0 Å². The number of hydrogen-bond acceptors (Lipinski definition) is 4. The third kappa shape index (κ3) is 3.94. The fourth-order valence-corrected chi connectivity index (χ4v) is 4.34. The van der Waals surface area contributed by atoms with Crippen LogP contribution in [0.4, 0.5) is 0 Å². The van der Waals surface area contributed by atoms with Crippen LogP contribution in [-0.2, 0) is 9.47 Å². The van der Waals surface area contributed by atoms with Gasteiger partial charge in [0.25, 0.3) is 0 Å². The van der Waals surface area contributed by atoms with E-state index in [1.165, 1.54) is 0 Å². The molecule has 1 aromatic heterocycles. The summed E-state index contributed by atoms with van der Waals surface area (Å²) in [6, 6.07) is 28.8. The van der Waals surface area contributed by atoms with Gasteiger partial charge in [-0.05, 0) is 11.1 Å². The van der Waals surface area contributed by atoms with Crippen LogP contribution in [0.3, 0.4) is 0 Å². The van der Waals surface area contributed by atoms with Crippen LogP contribution < -0.4 is 10.7 Å². The summed E-state index contributed by atoms with van der Waals surface area (Å²) in [6.07, 6.45) is 3.96. The number of aromatic nitrogens is 1. The molecule has 0 amide bonds. The number of ether oxygens (including phenoxy) is 2. The van der Waals surface area contributed by atoms with E-state index in [0.29, 0.717) is 25.0 Å². The highest BCUT2D eigenvalue weighted by Gasteiger charge is 2.20. The van der Waals surface area contributed by atoms with Gasteiger partial charge in [-0.15, -0.1) is 0 Å². The molecule has 5 heteroatoms. The van der Waals surface area contributed by atoms with Gasteiger partial charge in [0.15, 0.2) is 0 Å². The first kappa shape index (κ1) is 19.6. The minimum Gasteiger partial charge on any atom is -0.475 e. The van der Waals surface area contributed by atoms with Crippen molar-refractivity contribution in [3.8, 4) is 0 Å². The van der Waals surface area contributed by atoms with E-state index in [0.717, 1.165) is 32.6 Å². The molecule has 0 radical (unpaired) electrons. The Morgan fingerprint density at radius 1 is 0.606 bits per heavy atom. The molecule has 0 fully saturated rings. The fraction of sp³-hybridized carbons (Fsp3) is 0.143. The zero-order valence-corrected chi connectivity index (χ0v) is 18.0. The lowest BCUT2D eigenvalue weighted by Gasteiger charge is -2.03. The molecule has 2 aliphatic heterocycles. The molecular formula is C28H23N3O2. The van der Waals surface area contributed by atoms with Crippen molar-refractivity contribution in [2.45, 2.75) is 12.1 Å². The zero-order chi connectivity index (χ0) is 22.0. The van der Waals surface area contributed by atoms with Crippen LogP contribution >= 0.6 is 0 Å². The lowest BCUT2D eigenvalue weighted by Crippen LogP contribution is -2.14. The monoisotopic (exact) mass is 433 g/mol. The molecule has 0 saturated carbocycles. The molecule has 1 N–H and O–H groups in total. The van der Waals surface area contributed by atoms with Crippen LogP contribution in [0.15, 0.2) is 94.9 Å². The van der Waals surface area contributed by atoms with Gasteiger partial charge >= 0.3 is 0 Å². The third-order valence-electron chi connectivity index (χ3n) is 6.03. The van der Waals surface area contributed by atoms with Crippen LogP contribution in [0.5, 0.6) is 0 Å². The number of benzene rings is 3. The quantitative estimate of drug-likeness (QED) is 0.528. The van der Waals surface area contributed by atoms with Crippen molar-refractivity contribution in [3.05, 3.63) is 107 Å². The molecule has 0 aliphatic carbocycles. The number of H-pyrrole nitrogens is 1. The highest BCUT2D eigenvalue weighted by Crippen LogP contribution is 2.24. The molecule has 6 rings (SSSR count). The summed E-state index contributed by atoms with van der Waals surface area (Å²) >= 11 is 0. The van der Waals surface area contributed by atoms with E-state index in [-0.39, 0.29) is 12.1 Å². The minimum atomic E-state index is 0.0286. The van der Waals surface area contributed by atoms with Gasteiger partial charge in [-0.1, -0.05) is 84.9 Å². The van der Waals surface area contributed by atoms with Gasteiger partial charge in [-0.2, -0.15) is 0 Å². The first-order chi connectivity index (χ1) is 16.3. The summed E-state index contributed by atoms with van der Waals surface area (Å²) in [7, 11) is 0. The SMILES string of the molecule is C(/C1=NC(c2ccccc2)CO1)=c1/[nH]/c(=C/C2=NC(c3ccccc3)CO2)c2ccccc12. The van der Waals surface area contributed by atoms with Gasteiger partial charge in [0, 0.05) is 22.9 Å². The van der Waals surface area contributed by atoms with Gasteiger partial charge in [-0.3, -0.25) is 0 Å². The number of aliphatic imine (C=N–C) groups is 2. The summed E-state index contributed by atoms with van der Waals surface area (Å²) in [5.41, 5.74) is 2.33. The van der Waals surface area contributed by atoms with Gasteiger partial charge in [0.2, 0.25) is 11.8 Å². The predicted molar refractivity (Wildman–Crippen MR) is 132 cm³/mol. The molecule has 4 aromatic rings. The molecule has 0 saturated heterocycles.